The van der Waals surface area contributed by atoms with Gasteiger partial charge in [-0.05, 0) is 24.3 Å². The summed E-state index contributed by atoms with van der Waals surface area (Å²) in [6.07, 6.45) is -0.685. The second kappa shape index (κ2) is 10.5. The highest BCUT2D eigenvalue weighted by atomic mass is 35.5. The minimum absolute atomic E-state index is 0.0905. The molecule has 0 radical (unpaired) electrons. The van der Waals surface area contributed by atoms with E-state index in [1.165, 1.54) is 36.4 Å². The van der Waals surface area contributed by atoms with Crippen molar-refractivity contribution in [3.05, 3.63) is 77.8 Å². The van der Waals surface area contributed by atoms with Crippen LogP contribution >= 0.6 is 23.2 Å². The van der Waals surface area contributed by atoms with Crippen LogP contribution in [0.5, 0.6) is 0 Å². The van der Waals surface area contributed by atoms with Gasteiger partial charge in [0.25, 0.3) is 11.4 Å². The zero-order chi connectivity index (χ0) is 22.3. The number of hydrogen-bond acceptors (Lipinski definition) is 8. The van der Waals surface area contributed by atoms with Crippen LogP contribution < -0.4 is 0 Å². The Balaban J connectivity index is 1.84. The SMILES string of the molecule is O=C(CCC(=O)OCc1cccc(Cl)c1[N+](=O)[O-])OCc1cccc(Cl)c1[N+](=O)[O-]. The Morgan fingerprint density at radius 2 is 1.13 bits per heavy atom. The summed E-state index contributed by atoms with van der Waals surface area (Å²) < 4.78 is 9.87. The molecule has 0 saturated heterocycles. The summed E-state index contributed by atoms with van der Waals surface area (Å²) in [6, 6.07) is 8.42. The van der Waals surface area contributed by atoms with Crippen molar-refractivity contribution in [1.82, 2.24) is 0 Å². The van der Waals surface area contributed by atoms with Gasteiger partial charge in [0, 0.05) is 0 Å². The molecular formula is C18H14Cl2N2O8. The molecular weight excluding hydrogens is 443 g/mol. The van der Waals surface area contributed by atoms with Crippen LogP contribution in [-0.4, -0.2) is 21.8 Å². The van der Waals surface area contributed by atoms with Crippen molar-refractivity contribution >= 4 is 46.5 Å². The molecule has 0 aliphatic heterocycles. The molecule has 0 heterocycles. The lowest BCUT2D eigenvalue weighted by Gasteiger charge is -2.08. The van der Waals surface area contributed by atoms with E-state index in [4.69, 9.17) is 32.7 Å². The maximum absolute atomic E-state index is 11.8. The summed E-state index contributed by atoms with van der Waals surface area (Å²) in [7, 11) is 0. The van der Waals surface area contributed by atoms with Gasteiger partial charge >= 0.3 is 11.9 Å². The fourth-order valence-electron chi connectivity index (χ4n) is 2.43. The van der Waals surface area contributed by atoms with Crippen molar-refractivity contribution in [2.45, 2.75) is 26.1 Å². The van der Waals surface area contributed by atoms with Crippen LogP contribution in [0.4, 0.5) is 11.4 Å². The van der Waals surface area contributed by atoms with Crippen molar-refractivity contribution in [1.29, 1.82) is 0 Å². The predicted octanol–water partition coefficient (Wildman–Crippen LogP) is 4.38. The van der Waals surface area contributed by atoms with Gasteiger partial charge in [0.2, 0.25) is 0 Å². The first-order valence-electron chi connectivity index (χ1n) is 8.35. The molecule has 0 spiro atoms. The normalized spacial score (nSPS) is 10.3. The number of esters is 2. The molecule has 0 atom stereocenters. The van der Waals surface area contributed by atoms with Crippen LogP contribution in [0.15, 0.2) is 36.4 Å². The highest BCUT2D eigenvalue weighted by Crippen LogP contribution is 2.29. The molecule has 0 amide bonds. The Labute approximate surface area is 179 Å². The third-order valence-electron chi connectivity index (χ3n) is 3.82. The molecule has 2 rings (SSSR count). The number of para-hydroxylation sites is 2. The first kappa shape index (κ1) is 23.0. The Morgan fingerprint density at radius 3 is 1.47 bits per heavy atom. The molecule has 0 bridgehead atoms. The molecule has 0 aliphatic carbocycles. The second-order valence-electron chi connectivity index (χ2n) is 5.83. The Kier molecular flexibility index (Phi) is 8.07. The molecule has 0 fully saturated rings. The van der Waals surface area contributed by atoms with E-state index in [1.54, 1.807) is 0 Å². The van der Waals surface area contributed by atoms with E-state index in [2.05, 4.69) is 0 Å². The van der Waals surface area contributed by atoms with Crippen LogP contribution in [0.25, 0.3) is 0 Å². The van der Waals surface area contributed by atoms with E-state index in [9.17, 15) is 29.8 Å². The van der Waals surface area contributed by atoms with Crippen molar-refractivity contribution < 1.29 is 28.9 Å². The molecule has 0 aliphatic rings. The quantitative estimate of drug-likeness (QED) is 0.307. The molecule has 158 valence electrons. The van der Waals surface area contributed by atoms with Crippen molar-refractivity contribution in [3.8, 4) is 0 Å². The number of halogens is 2. The molecule has 0 N–H and O–H groups in total. The molecule has 2 aromatic carbocycles. The molecule has 0 unspecified atom stereocenters. The number of nitrogens with zero attached hydrogens (tertiary/aromatic N) is 2. The number of carbonyl (C=O) groups excluding carboxylic acids is 2. The van der Waals surface area contributed by atoms with E-state index in [0.29, 0.717) is 0 Å². The molecule has 2 aromatic rings. The smallest absolute Gasteiger partial charge is 0.306 e. The van der Waals surface area contributed by atoms with Gasteiger partial charge in [0.05, 0.1) is 33.8 Å². The highest BCUT2D eigenvalue weighted by molar-refractivity contribution is 6.33. The average Bonchev–Trinajstić information content (AvgIpc) is 2.68. The van der Waals surface area contributed by atoms with Gasteiger partial charge in [-0.25, -0.2) is 0 Å². The number of rotatable bonds is 9. The Bertz CT molecular complexity index is 917. The lowest BCUT2D eigenvalue weighted by atomic mass is 10.2. The van der Waals surface area contributed by atoms with Gasteiger partial charge in [-0.1, -0.05) is 35.3 Å². The van der Waals surface area contributed by atoms with Crippen molar-refractivity contribution in [3.63, 3.8) is 0 Å². The molecule has 0 saturated carbocycles. The van der Waals surface area contributed by atoms with E-state index in [0.717, 1.165) is 0 Å². The molecule has 10 nitrogen and oxygen atoms in total. The van der Waals surface area contributed by atoms with Crippen LogP contribution in [0.3, 0.4) is 0 Å². The molecule has 0 aromatic heterocycles. The third-order valence-corrected chi connectivity index (χ3v) is 4.43. The first-order valence-corrected chi connectivity index (χ1v) is 9.11. The summed E-state index contributed by atoms with van der Waals surface area (Å²) in [4.78, 5) is 44.3. The van der Waals surface area contributed by atoms with Gasteiger partial charge in [0.15, 0.2) is 0 Å². The maximum atomic E-state index is 11.8. The number of nitro benzene ring substituents is 2. The lowest BCUT2D eigenvalue weighted by molar-refractivity contribution is -0.385. The monoisotopic (exact) mass is 456 g/mol. The fraction of sp³-hybridized carbons (Fsp3) is 0.222. The van der Waals surface area contributed by atoms with Gasteiger partial charge in [0.1, 0.15) is 23.3 Å². The van der Waals surface area contributed by atoms with E-state index in [1.807, 2.05) is 0 Å². The van der Waals surface area contributed by atoms with E-state index >= 15 is 0 Å². The van der Waals surface area contributed by atoms with Gasteiger partial charge in [-0.2, -0.15) is 0 Å². The van der Waals surface area contributed by atoms with Gasteiger partial charge < -0.3 is 9.47 Å². The van der Waals surface area contributed by atoms with Gasteiger partial charge in [-0.3, -0.25) is 29.8 Å². The van der Waals surface area contributed by atoms with Crippen LogP contribution in [-0.2, 0) is 32.3 Å². The minimum atomic E-state index is -0.782. The first-order chi connectivity index (χ1) is 14.2. The summed E-state index contributed by atoms with van der Waals surface area (Å²) >= 11 is 11.5. The summed E-state index contributed by atoms with van der Waals surface area (Å²) in [5.74, 6) is -1.56. The summed E-state index contributed by atoms with van der Waals surface area (Å²) in [5.41, 5.74) is -0.516. The van der Waals surface area contributed by atoms with Crippen LogP contribution in [0.1, 0.15) is 24.0 Å². The van der Waals surface area contributed by atoms with Crippen LogP contribution in [0, 0.1) is 20.2 Å². The van der Waals surface area contributed by atoms with E-state index < -0.39 is 21.8 Å². The summed E-state index contributed by atoms with van der Waals surface area (Å²) in [5, 5.41) is 21.9. The number of carbonyl (C=O) groups is 2. The van der Waals surface area contributed by atoms with Crippen molar-refractivity contribution in [2.75, 3.05) is 0 Å². The van der Waals surface area contributed by atoms with Crippen molar-refractivity contribution in [2.24, 2.45) is 0 Å². The average molecular weight is 457 g/mol. The predicted molar refractivity (Wildman–Crippen MR) is 105 cm³/mol. The maximum Gasteiger partial charge on any atom is 0.306 e. The second-order valence-corrected chi connectivity index (χ2v) is 6.65. The fourth-order valence-corrected chi connectivity index (χ4v) is 2.95. The number of benzene rings is 2. The lowest BCUT2D eigenvalue weighted by Crippen LogP contribution is -2.11. The largest absolute Gasteiger partial charge is 0.461 e. The number of hydrogen-bond donors (Lipinski definition) is 0. The number of ether oxygens (including phenoxy) is 2. The summed E-state index contributed by atoms with van der Waals surface area (Å²) in [6.45, 7) is -0.779. The Hall–Kier alpha value is -3.24. The minimum Gasteiger partial charge on any atom is -0.461 e. The van der Waals surface area contributed by atoms with Gasteiger partial charge in [-0.15, -0.1) is 0 Å². The van der Waals surface area contributed by atoms with Crippen LogP contribution in [0.2, 0.25) is 10.0 Å². The zero-order valence-electron chi connectivity index (χ0n) is 15.2. The van der Waals surface area contributed by atoms with E-state index in [-0.39, 0.29) is 58.6 Å². The Morgan fingerprint density at radius 1 is 0.767 bits per heavy atom. The molecule has 30 heavy (non-hydrogen) atoms. The zero-order valence-corrected chi connectivity index (χ0v) is 16.7. The number of nitro groups is 2. The molecule has 12 heteroatoms. The highest BCUT2D eigenvalue weighted by Gasteiger charge is 2.21. The third kappa shape index (κ3) is 6.13. The topological polar surface area (TPSA) is 139 Å². The standard InChI is InChI=1S/C18H14Cl2N2O8/c19-13-5-1-3-11(17(13)21(25)26)9-29-15(23)7-8-16(24)30-10-12-4-2-6-14(20)18(12)22(27)28/h1-6H,7-10H2.